The zero-order chi connectivity index (χ0) is 32.0. The summed E-state index contributed by atoms with van der Waals surface area (Å²) in [7, 11) is 0. The molecule has 0 spiro atoms. The largest absolute Gasteiger partial charge is 0.455 e. The van der Waals surface area contributed by atoms with E-state index in [4.69, 9.17) is 9.47 Å². The van der Waals surface area contributed by atoms with Gasteiger partial charge < -0.3 is 29.9 Å². The van der Waals surface area contributed by atoms with Crippen LogP contribution in [0.5, 0.6) is 0 Å². The van der Waals surface area contributed by atoms with Gasteiger partial charge in [0, 0.05) is 12.0 Å². The summed E-state index contributed by atoms with van der Waals surface area (Å²) < 4.78 is 11.1. The Bertz CT molecular complexity index is 797. The first-order valence-corrected chi connectivity index (χ1v) is 18.2. The summed E-state index contributed by atoms with van der Waals surface area (Å²) >= 11 is 0. The van der Waals surface area contributed by atoms with E-state index in [9.17, 15) is 25.2 Å². The lowest BCUT2D eigenvalue weighted by atomic mass is 9.99. The van der Waals surface area contributed by atoms with Crippen LogP contribution in [-0.2, 0) is 14.3 Å². The van der Waals surface area contributed by atoms with Crippen molar-refractivity contribution in [1.29, 1.82) is 0 Å². The molecule has 7 nitrogen and oxygen atoms in total. The molecule has 0 aromatic heterocycles. The third-order valence-corrected chi connectivity index (χ3v) is 9.28. The quantitative estimate of drug-likeness (QED) is 0.0423. The Balaban J connectivity index is 1.42. The minimum Gasteiger partial charge on any atom is -0.455 e. The average Bonchev–Trinajstić information content (AvgIpc) is 3.62. The Morgan fingerprint density at radius 2 is 1.25 bits per heavy atom. The standard InChI is InChI=1S/C37H66O7/c1-3-4-5-6-7-8-9-10-11-12-16-19-22-33(40)35-25-26-36(44-35)34(41)24-23-31(38)20-17-14-13-15-18-21-32(39)28-30-27-29(2)43-37(30)42/h12,16,27,29,31-36,38-41H,3-11,13-15,17-26,28H2,1-2H3/b16-12-. The molecule has 44 heavy (non-hydrogen) atoms. The molecule has 7 atom stereocenters. The van der Waals surface area contributed by atoms with Crippen molar-refractivity contribution in [3.05, 3.63) is 23.8 Å². The predicted molar refractivity (Wildman–Crippen MR) is 177 cm³/mol. The molecule has 256 valence electrons. The highest BCUT2D eigenvalue weighted by atomic mass is 16.5. The Hall–Kier alpha value is -1.25. The van der Waals surface area contributed by atoms with Crippen LogP contribution in [0, 0.1) is 0 Å². The maximum atomic E-state index is 11.7. The predicted octanol–water partition coefficient (Wildman–Crippen LogP) is 7.62. The molecule has 2 aliphatic heterocycles. The third kappa shape index (κ3) is 17.4. The van der Waals surface area contributed by atoms with Gasteiger partial charge in [-0.3, -0.25) is 0 Å². The van der Waals surface area contributed by atoms with Gasteiger partial charge in [0.2, 0.25) is 0 Å². The van der Waals surface area contributed by atoms with Crippen molar-refractivity contribution in [3.8, 4) is 0 Å². The molecule has 0 saturated carbocycles. The number of allylic oxidation sites excluding steroid dienone is 2. The molecule has 0 bridgehead atoms. The van der Waals surface area contributed by atoms with Crippen molar-refractivity contribution >= 4 is 5.97 Å². The summed E-state index contributed by atoms with van der Waals surface area (Å²) in [6, 6.07) is 0. The van der Waals surface area contributed by atoms with Crippen LogP contribution in [0.2, 0.25) is 0 Å². The normalized spacial score (nSPS) is 23.2. The van der Waals surface area contributed by atoms with Crippen LogP contribution in [0.4, 0.5) is 0 Å². The molecular weight excluding hydrogens is 556 g/mol. The van der Waals surface area contributed by atoms with Crippen LogP contribution < -0.4 is 0 Å². The number of hydrogen-bond donors (Lipinski definition) is 4. The first-order valence-electron chi connectivity index (χ1n) is 18.2. The van der Waals surface area contributed by atoms with Crippen LogP contribution in [0.1, 0.15) is 162 Å². The second kappa shape index (κ2) is 24.0. The molecule has 0 amide bonds. The van der Waals surface area contributed by atoms with E-state index in [1.165, 1.54) is 51.4 Å². The Morgan fingerprint density at radius 3 is 1.86 bits per heavy atom. The molecule has 1 fully saturated rings. The number of aliphatic hydroxyl groups is 4. The molecule has 2 rings (SSSR count). The molecule has 2 aliphatic rings. The second-order valence-corrected chi connectivity index (χ2v) is 13.5. The van der Waals surface area contributed by atoms with Gasteiger partial charge in [-0.1, -0.05) is 96.1 Å². The zero-order valence-corrected chi connectivity index (χ0v) is 28.1. The highest BCUT2D eigenvalue weighted by Crippen LogP contribution is 2.28. The van der Waals surface area contributed by atoms with Crippen LogP contribution in [0.15, 0.2) is 23.8 Å². The Labute approximate surface area is 268 Å². The maximum absolute atomic E-state index is 11.7. The summed E-state index contributed by atoms with van der Waals surface area (Å²) in [5.74, 6) is -0.306. The first kappa shape index (κ1) is 38.9. The lowest BCUT2D eigenvalue weighted by molar-refractivity contribution is -0.139. The van der Waals surface area contributed by atoms with Gasteiger partial charge in [-0.15, -0.1) is 0 Å². The molecule has 2 heterocycles. The van der Waals surface area contributed by atoms with Crippen molar-refractivity contribution in [2.75, 3.05) is 0 Å². The molecule has 7 heteroatoms. The van der Waals surface area contributed by atoms with E-state index in [1.54, 1.807) is 6.08 Å². The maximum Gasteiger partial charge on any atom is 0.334 e. The van der Waals surface area contributed by atoms with Gasteiger partial charge in [-0.05, 0) is 77.2 Å². The van der Waals surface area contributed by atoms with E-state index in [0.717, 1.165) is 64.2 Å². The van der Waals surface area contributed by atoms with E-state index in [-0.39, 0.29) is 24.3 Å². The van der Waals surface area contributed by atoms with Crippen molar-refractivity contribution in [1.82, 2.24) is 0 Å². The fraction of sp³-hybridized carbons (Fsp3) is 0.865. The molecule has 0 radical (unpaired) electrons. The zero-order valence-electron chi connectivity index (χ0n) is 28.1. The van der Waals surface area contributed by atoms with Crippen LogP contribution in [-0.4, -0.2) is 69.1 Å². The number of aliphatic hydroxyl groups excluding tert-OH is 4. The van der Waals surface area contributed by atoms with Gasteiger partial charge in [-0.2, -0.15) is 0 Å². The lowest BCUT2D eigenvalue weighted by Gasteiger charge is -2.22. The van der Waals surface area contributed by atoms with E-state index in [1.807, 2.05) is 6.92 Å². The van der Waals surface area contributed by atoms with E-state index in [2.05, 4.69) is 19.1 Å². The van der Waals surface area contributed by atoms with Gasteiger partial charge in [0.05, 0.1) is 36.6 Å². The van der Waals surface area contributed by atoms with Crippen molar-refractivity contribution in [2.45, 2.75) is 204 Å². The Kier molecular flexibility index (Phi) is 21.2. The average molecular weight is 623 g/mol. The minimum atomic E-state index is -0.607. The Morgan fingerprint density at radius 1 is 0.705 bits per heavy atom. The topological polar surface area (TPSA) is 116 Å². The number of rotatable bonds is 27. The summed E-state index contributed by atoms with van der Waals surface area (Å²) in [5, 5.41) is 41.8. The number of cyclic esters (lactones) is 1. The number of carbonyl (C=O) groups is 1. The molecule has 0 aromatic rings. The van der Waals surface area contributed by atoms with Gasteiger partial charge in [0.25, 0.3) is 0 Å². The second-order valence-electron chi connectivity index (χ2n) is 13.5. The molecule has 4 N–H and O–H groups in total. The van der Waals surface area contributed by atoms with Crippen LogP contribution >= 0.6 is 0 Å². The SMILES string of the molecule is CCCCCCCCCC/C=C\CCC(O)C1CCC(C(O)CCC(O)CCCCCCCC(O)CC2=CC(C)OC2=O)O1. The van der Waals surface area contributed by atoms with E-state index < -0.39 is 24.4 Å². The smallest absolute Gasteiger partial charge is 0.334 e. The molecule has 1 saturated heterocycles. The number of ether oxygens (including phenoxy) is 2. The van der Waals surface area contributed by atoms with Crippen molar-refractivity contribution < 1.29 is 34.7 Å². The molecular formula is C37H66O7. The van der Waals surface area contributed by atoms with E-state index >= 15 is 0 Å². The third-order valence-electron chi connectivity index (χ3n) is 9.28. The van der Waals surface area contributed by atoms with Crippen molar-refractivity contribution in [2.24, 2.45) is 0 Å². The van der Waals surface area contributed by atoms with Crippen molar-refractivity contribution in [3.63, 3.8) is 0 Å². The fourth-order valence-corrected chi connectivity index (χ4v) is 6.46. The van der Waals surface area contributed by atoms with Crippen LogP contribution in [0.25, 0.3) is 0 Å². The lowest BCUT2D eigenvalue weighted by Crippen LogP contribution is -2.31. The van der Waals surface area contributed by atoms with Gasteiger partial charge in [0.1, 0.15) is 6.10 Å². The molecule has 0 aliphatic carbocycles. The number of unbranched alkanes of at least 4 members (excludes halogenated alkanes) is 12. The summed E-state index contributed by atoms with van der Waals surface area (Å²) in [4.78, 5) is 11.7. The molecule has 7 unspecified atom stereocenters. The highest BCUT2D eigenvalue weighted by molar-refractivity contribution is 5.90. The van der Waals surface area contributed by atoms with Gasteiger partial charge >= 0.3 is 5.97 Å². The summed E-state index contributed by atoms with van der Waals surface area (Å²) in [6.07, 6.45) is 26.2. The number of esters is 1. The number of hydrogen-bond acceptors (Lipinski definition) is 7. The van der Waals surface area contributed by atoms with E-state index in [0.29, 0.717) is 37.7 Å². The molecule has 0 aromatic carbocycles. The summed E-state index contributed by atoms with van der Waals surface area (Å²) in [6.45, 7) is 4.08. The highest BCUT2D eigenvalue weighted by Gasteiger charge is 2.34. The van der Waals surface area contributed by atoms with Gasteiger partial charge in [0.15, 0.2) is 0 Å². The monoisotopic (exact) mass is 622 g/mol. The minimum absolute atomic E-state index is 0.192. The fourth-order valence-electron chi connectivity index (χ4n) is 6.46. The van der Waals surface area contributed by atoms with Gasteiger partial charge in [-0.25, -0.2) is 4.79 Å². The first-order chi connectivity index (χ1) is 21.3. The number of carbonyl (C=O) groups excluding carboxylic acids is 1. The summed E-state index contributed by atoms with van der Waals surface area (Å²) in [5.41, 5.74) is 0.587. The van der Waals surface area contributed by atoms with Crippen LogP contribution in [0.3, 0.4) is 0 Å².